The Balaban J connectivity index is 1.78. The maximum atomic E-state index is 11.9. The van der Waals surface area contributed by atoms with Crippen LogP contribution in [-0.4, -0.2) is 44.0 Å². The summed E-state index contributed by atoms with van der Waals surface area (Å²) in [4.78, 5) is 26.9. The van der Waals surface area contributed by atoms with Crippen molar-refractivity contribution in [1.82, 2.24) is 25.4 Å². The molecule has 1 aliphatic carbocycles. The van der Waals surface area contributed by atoms with Gasteiger partial charge in [0.25, 0.3) is 0 Å². The third-order valence-electron chi connectivity index (χ3n) is 3.71. The Morgan fingerprint density at radius 2 is 2.14 bits per heavy atom. The van der Waals surface area contributed by atoms with Gasteiger partial charge in [-0.25, -0.2) is 9.78 Å². The lowest BCUT2D eigenvalue weighted by Crippen LogP contribution is -2.51. The second kappa shape index (κ2) is 6.55. The molecule has 2 rings (SSSR count). The Morgan fingerprint density at radius 3 is 2.71 bits per heavy atom. The van der Waals surface area contributed by atoms with Gasteiger partial charge in [-0.2, -0.15) is 5.10 Å². The highest BCUT2D eigenvalue weighted by Gasteiger charge is 2.37. The number of carbonyl (C=O) groups excluding carboxylic acids is 1. The topological polar surface area (TPSA) is 109 Å². The highest BCUT2D eigenvalue weighted by Crippen LogP contribution is 2.32. The number of carboxylic acids is 1. The van der Waals surface area contributed by atoms with Crippen molar-refractivity contribution >= 4 is 12.0 Å². The molecule has 0 saturated heterocycles. The summed E-state index contributed by atoms with van der Waals surface area (Å²) in [7, 11) is 1.78. The summed E-state index contributed by atoms with van der Waals surface area (Å²) in [6, 6.07) is -0.325. The van der Waals surface area contributed by atoms with E-state index in [4.69, 9.17) is 5.11 Å². The molecule has 0 bridgehead atoms. The number of aromatic nitrogens is 3. The number of nitrogens with zero attached hydrogens (tertiary/aromatic N) is 3. The van der Waals surface area contributed by atoms with Gasteiger partial charge in [0.2, 0.25) is 0 Å². The number of hydrogen-bond acceptors (Lipinski definition) is 4. The molecule has 0 unspecified atom stereocenters. The molecule has 1 heterocycles. The molecule has 1 aromatic heterocycles. The molecule has 21 heavy (non-hydrogen) atoms. The molecule has 0 radical (unpaired) electrons. The van der Waals surface area contributed by atoms with Crippen LogP contribution >= 0.6 is 0 Å². The van der Waals surface area contributed by atoms with E-state index in [1.54, 1.807) is 18.1 Å². The highest BCUT2D eigenvalue weighted by atomic mass is 16.4. The minimum absolute atomic E-state index is 0.0256. The summed E-state index contributed by atoms with van der Waals surface area (Å²) in [5, 5.41) is 18.7. The Hall–Kier alpha value is -2.12. The van der Waals surface area contributed by atoms with Gasteiger partial charge < -0.3 is 15.7 Å². The zero-order valence-corrected chi connectivity index (χ0v) is 12.1. The fourth-order valence-corrected chi connectivity index (χ4v) is 2.76. The molecule has 1 fully saturated rings. The standard InChI is InChI=1S/C13H21N5O3/c1-18-9-15-10(17-18)4-7-14-12(21)16-13(8-11(19)20)5-2-3-6-13/h9H,2-8H2,1H3,(H,19,20)(H2,14,16,21). The predicted octanol–water partition coefficient (Wildman–Crippen LogP) is 0.444. The number of urea groups is 1. The van der Waals surface area contributed by atoms with Crippen LogP contribution in [0.15, 0.2) is 6.33 Å². The molecule has 0 aliphatic heterocycles. The van der Waals surface area contributed by atoms with E-state index < -0.39 is 11.5 Å². The third kappa shape index (κ3) is 4.44. The van der Waals surface area contributed by atoms with E-state index in [1.807, 2.05) is 0 Å². The number of aryl methyl sites for hydroxylation is 1. The van der Waals surface area contributed by atoms with E-state index in [2.05, 4.69) is 20.7 Å². The quantitative estimate of drug-likeness (QED) is 0.705. The van der Waals surface area contributed by atoms with Crippen molar-refractivity contribution < 1.29 is 14.7 Å². The lowest BCUT2D eigenvalue weighted by molar-refractivity contribution is -0.138. The summed E-state index contributed by atoms with van der Waals surface area (Å²) in [5.41, 5.74) is -0.598. The summed E-state index contributed by atoms with van der Waals surface area (Å²) in [6.07, 6.45) is 5.46. The van der Waals surface area contributed by atoms with Gasteiger partial charge in [-0.3, -0.25) is 9.48 Å². The number of rotatable bonds is 6. The summed E-state index contributed by atoms with van der Waals surface area (Å²) < 4.78 is 1.61. The van der Waals surface area contributed by atoms with E-state index in [0.29, 0.717) is 31.6 Å². The van der Waals surface area contributed by atoms with Gasteiger partial charge in [0.05, 0.1) is 12.0 Å². The lowest BCUT2D eigenvalue weighted by Gasteiger charge is -2.28. The average molecular weight is 295 g/mol. The number of carboxylic acid groups (broad SMARTS) is 1. The fourth-order valence-electron chi connectivity index (χ4n) is 2.76. The molecule has 0 atom stereocenters. The maximum absolute atomic E-state index is 11.9. The van der Waals surface area contributed by atoms with Crippen molar-refractivity contribution in [3.63, 3.8) is 0 Å². The molecule has 0 aromatic carbocycles. The van der Waals surface area contributed by atoms with Crippen molar-refractivity contribution in [2.75, 3.05) is 6.54 Å². The van der Waals surface area contributed by atoms with Crippen molar-refractivity contribution in [2.24, 2.45) is 7.05 Å². The molecule has 8 nitrogen and oxygen atoms in total. The van der Waals surface area contributed by atoms with Crippen molar-refractivity contribution in [3.8, 4) is 0 Å². The van der Waals surface area contributed by atoms with E-state index in [1.165, 1.54) is 0 Å². The van der Waals surface area contributed by atoms with Gasteiger partial charge in [0.15, 0.2) is 5.82 Å². The molecular weight excluding hydrogens is 274 g/mol. The first-order valence-electron chi connectivity index (χ1n) is 7.11. The molecule has 3 N–H and O–H groups in total. The number of hydrogen-bond donors (Lipinski definition) is 3. The summed E-state index contributed by atoms with van der Waals surface area (Å²) in [5.74, 6) is -0.214. The SMILES string of the molecule is Cn1cnc(CCNC(=O)NC2(CC(=O)O)CCCC2)n1. The number of amides is 2. The molecule has 8 heteroatoms. The first-order chi connectivity index (χ1) is 9.99. The van der Waals surface area contributed by atoms with Crippen LogP contribution in [0.3, 0.4) is 0 Å². The zero-order chi connectivity index (χ0) is 15.3. The van der Waals surface area contributed by atoms with Gasteiger partial charge >= 0.3 is 12.0 Å². The van der Waals surface area contributed by atoms with Crippen molar-refractivity contribution in [2.45, 2.75) is 44.1 Å². The van der Waals surface area contributed by atoms with Crippen LogP contribution in [0.5, 0.6) is 0 Å². The second-order valence-corrected chi connectivity index (χ2v) is 5.52. The van der Waals surface area contributed by atoms with E-state index in [-0.39, 0.29) is 12.5 Å². The monoisotopic (exact) mass is 295 g/mol. The molecule has 1 saturated carbocycles. The van der Waals surface area contributed by atoms with Gasteiger partial charge in [-0.1, -0.05) is 12.8 Å². The van der Waals surface area contributed by atoms with Gasteiger partial charge in [0.1, 0.15) is 6.33 Å². The number of aliphatic carboxylic acids is 1. The molecule has 0 spiro atoms. The highest BCUT2D eigenvalue weighted by molar-refractivity contribution is 5.76. The molecule has 1 aromatic rings. The van der Waals surface area contributed by atoms with Crippen LogP contribution in [-0.2, 0) is 18.3 Å². The first-order valence-corrected chi connectivity index (χ1v) is 7.11. The first kappa shape index (κ1) is 15.3. The molecule has 116 valence electrons. The van der Waals surface area contributed by atoms with Gasteiger partial charge in [-0.05, 0) is 12.8 Å². The van der Waals surface area contributed by atoms with Crippen LogP contribution in [0.1, 0.15) is 37.9 Å². The normalized spacial score (nSPS) is 16.6. The minimum Gasteiger partial charge on any atom is -0.481 e. The average Bonchev–Trinajstić information content (AvgIpc) is 2.98. The fraction of sp³-hybridized carbons (Fsp3) is 0.692. The Morgan fingerprint density at radius 1 is 1.43 bits per heavy atom. The number of carbonyl (C=O) groups is 2. The molecular formula is C13H21N5O3. The Kier molecular flexibility index (Phi) is 4.77. The zero-order valence-electron chi connectivity index (χ0n) is 12.1. The third-order valence-corrected chi connectivity index (χ3v) is 3.71. The second-order valence-electron chi connectivity index (χ2n) is 5.52. The Bertz CT molecular complexity index is 508. The lowest BCUT2D eigenvalue weighted by atomic mass is 9.93. The van der Waals surface area contributed by atoms with Crippen LogP contribution < -0.4 is 10.6 Å². The molecule has 1 aliphatic rings. The van der Waals surface area contributed by atoms with Gasteiger partial charge in [0, 0.05) is 20.0 Å². The van der Waals surface area contributed by atoms with Crippen molar-refractivity contribution in [3.05, 3.63) is 12.2 Å². The van der Waals surface area contributed by atoms with E-state index >= 15 is 0 Å². The predicted molar refractivity (Wildman–Crippen MR) is 74.7 cm³/mol. The van der Waals surface area contributed by atoms with Crippen LogP contribution in [0.2, 0.25) is 0 Å². The molecule has 2 amide bonds. The van der Waals surface area contributed by atoms with E-state index in [0.717, 1.165) is 12.8 Å². The van der Waals surface area contributed by atoms with Crippen LogP contribution in [0.25, 0.3) is 0 Å². The van der Waals surface area contributed by atoms with E-state index in [9.17, 15) is 9.59 Å². The summed E-state index contributed by atoms with van der Waals surface area (Å²) >= 11 is 0. The van der Waals surface area contributed by atoms with Crippen LogP contribution in [0, 0.1) is 0 Å². The summed E-state index contributed by atoms with van der Waals surface area (Å²) in [6.45, 7) is 0.416. The smallest absolute Gasteiger partial charge is 0.315 e. The van der Waals surface area contributed by atoms with Gasteiger partial charge in [-0.15, -0.1) is 0 Å². The maximum Gasteiger partial charge on any atom is 0.315 e. The largest absolute Gasteiger partial charge is 0.481 e. The van der Waals surface area contributed by atoms with Crippen LogP contribution in [0.4, 0.5) is 4.79 Å². The minimum atomic E-state index is -0.880. The number of nitrogens with one attached hydrogen (secondary N) is 2. The Labute approximate surface area is 122 Å². The van der Waals surface area contributed by atoms with Crippen molar-refractivity contribution in [1.29, 1.82) is 0 Å².